The van der Waals surface area contributed by atoms with Crippen molar-refractivity contribution in [3.8, 4) is 0 Å². The number of anilines is 1. The second-order valence-corrected chi connectivity index (χ2v) is 7.18. The molecule has 0 saturated heterocycles. The van der Waals surface area contributed by atoms with E-state index in [4.69, 9.17) is 4.99 Å². The van der Waals surface area contributed by atoms with Crippen molar-refractivity contribution in [2.24, 2.45) is 4.99 Å². The van der Waals surface area contributed by atoms with Gasteiger partial charge in [-0.05, 0) is 42.2 Å². The van der Waals surface area contributed by atoms with Crippen LogP contribution in [-0.4, -0.2) is 23.6 Å². The van der Waals surface area contributed by atoms with Gasteiger partial charge in [0.05, 0.1) is 13.1 Å². The highest BCUT2D eigenvalue weighted by Gasteiger charge is 2.22. The van der Waals surface area contributed by atoms with Crippen LogP contribution in [-0.2, 0) is 19.5 Å². The molecular formula is C24H27IN4O. The van der Waals surface area contributed by atoms with Crippen LogP contribution in [0.3, 0.4) is 0 Å². The number of aliphatic imine (C=N–C) groups is 1. The Balaban J connectivity index is 0.00000256. The van der Waals surface area contributed by atoms with E-state index < -0.39 is 0 Å². The minimum atomic E-state index is 0. The zero-order valence-electron chi connectivity index (χ0n) is 17.1. The maximum Gasteiger partial charge on any atom is 0.250 e. The van der Waals surface area contributed by atoms with Gasteiger partial charge in [0.25, 0.3) is 5.56 Å². The number of para-hydroxylation sites is 1. The third kappa shape index (κ3) is 5.11. The van der Waals surface area contributed by atoms with Crippen molar-refractivity contribution in [3.05, 3.63) is 100.0 Å². The molecule has 1 aliphatic rings. The lowest BCUT2D eigenvalue weighted by atomic mass is 10.1. The fourth-order valence-corrected chi connectivity index (χ4v) is 3.66. The van der Waals surface area contributed by atoms with E-state index in [1.165, 1.54) is 11.3 Å². The molecule has 2 aromatic carbocycles. The topological polar surface area (TPSA) is 49.6 Å². The third-order valence-electron chi connectivity index (χ3n) is 5.16. The van der Waals surface area contributed by atoms with Gasteiger partial charge in [0.2, 0.25) is 0 Å². The third-order valence-corrected chi connectivity index (χ3v) is 5.16. The van der Waals surface area contributed by atoms with E-state index in [-0.39, 0.29) is 29.5 Å². The number of aromatic nitrogens is 1. The summed E-state index contributed by atoms with van der Waals surface area (Å²) in [5, 5.41) is 3.42. The molecular weight excluding hydrogens is 487 g/mol. The zero-order valence-corrected chi connectivity index (χ0v) is 19.5. The number of benzene rings is 2. The summed E-state index contributed by atoms with van der Waals surface area (Å²) in [5.41, 5.74) is 4.89. The predicted molar refractivity (Wildman–Crippen MR) is 134 cm³/mol. The highest BCUT2D eigenvalue weighted by atomic mass is 127. The molecule has 156 valence electrons. The fraction of sp³-hybridized carbons (Fsp3) is 0.250. The van der Waals surface area contributed by atoms with Crippen LogP contribution in [0, 0.1) is 0 Å². The van der Waals surface area contributed by atoms with Crippen molar-refractivity contribution >= 4 is 35.6 Å². The first kappa shape index (κ1) is 22.1. The standard InChI is InChI=1S/C24H26N4O.HI/c1-2-25-24(28-16-14-21-7-3-4-8-22(21)28)26-17-19-10-12-20(13-11-19)18-27-15-6-5-9-23(27)29;/h3-13,15H,2,14,16-18H2,1H3,(H,25,26);1H. The number of halogens is 1. The molecule has 0 atom stereocenters. The maximum absolute atomic E-state index is 11.9. The van der Waals surface area contributed by atoms with Crippen molar-refractivity contribution < 1.29 is 0 Å². The number of hydrogen-bond donors (Lipinski definition) is 1. The molecule has 0 radical (unpaired) electrons. The summed E-state index contributed by atoms with van der Waals surface area (Å²) in [4.78, 5) is 19.0. The van der Waals surface area contributed by atoms with Crippen LogP contribution in [0.15, 0.2) is 82.7 Å². The Hall–Kier alpha value is -2.61. The van der Waals surface area contributed by atoms with Crippen LogP contribution in [0.1, 0.15) is 23.6 Å². The smallest absolute Gasteiger partial charge is 0.250 e. The molecule has 2 heterocycles. The fourth-order valence-electron chi connectivity index (χ4n) is 3.66. The normalized spacial score (nSPS) is 13.0. The van der Waals surface area contributed by atoms with E-state index in [1.54, 1.807) is 16.7 Å². The van der Waals surface area contributed by atoms with E-state index in [0.29, 0.717) is 13.1 Å². The van der Waals surface area contributed by atoms with Crippen LogP contribution in [0.2, 0.25) is 0 Å². The summed E-state index contributed by atoms with van der Waals surface area (Å²) in [7, 11) is 0. The molecule has 0 bridgehead atoms. The van der Waals surface area contributed by atoms with Crippen LogP contribution in [0.5, 0.6) is 0 Å². The minimum absolute atomic E-state index is 0. The Morgan fingerprint density at radius 1 is 1.00 bits per heavy atom. The second-order valence-electron chi connectivity index (χ2n) is 7.18. The summed E-state index contributed by atoms with van der Waals surface area (Å²) in [6.45, 7) is 5.08. The number of nitrogens with one attached hydrogen (secondary N) is 1. The maximum atomic E-state index is 11.9. The first-order valence-corrected chi connectivity index (χ1v) is 10.1. The van der Waals surface area contributed by atoms with Crippen molar-refractivity contribution in [3.63, 3.8) is 0 Å². The summed E-state index contributed by atoms with van der Waals surface area (Å²) in [5.74, 6) is 0.928. The molecule has 0 spiro atoms. The molecule has 0 fully saturated rings. The van der Waals surface area contributed by atoms with Crippen LogP contribution in [0.4, 0.5) is 5.69 Å². The van der Waals surface area contributed by atoms with Gasteiger partial charge in [0.1, 0.15) is 0 Å². The number of fused-ring (bicyclic) bond motifs is 1. The Labute approximate surface area is 194 Å². The Bertz CT molecular complexity index is 1060. The first-order chi connectivity index (χ1) is 14.2. The van der Waals surface area contributed by atoms with E-state index >= 15 is 0 Å². The molecule has 1 aliphatic heterocycles. The SMILES string of the molecule is CCNC(=NCc1ccc(Cn2ccccc2=O)cc1)N1CCc2ccccc21.I. The lowest BCUT2D eigenvalue weighted by Crippen LogP contribution is -2.40. The summed E-state index contributed by atoms with van der Waals surface area (Å²) >= 11 is 0. The van der Waals surface area contributed by atoms with Crippen LogP contribution < -0.4 is 15.8 Å². The molecule has 0 amide bonds. The number of rotatable bonds is 5. The van der Waals surface area contributed by atoms with Gasteiger partial charge in [-0.3, -0.25) is 4.79 Å². The van der Waals surface area contributed by atoms with Gasteiger partial charge in [0, 0.05) is 31.0 Å². The monoisotopic (exact) mass is 514 g/mol. The Kier molecular flexibility index (Phi) is 7.68. The van der Waals surface area contributed by atoms with Crippen LogP contribution >= 0.6 is 24.0 Å². The van der Waals surface area contributed by atoms with Gasteiger partial charge >= 0.3 is 0 Å². The van der Waals surface area contributed by atoms with Gasteiger partial charge in [-0.25, -0.2) is 4.99 Å². The van der Waals surface area contributed by atoms with Crippen molar-refractivity contribution in [2.45, 2.75) is 26.4 Å². The van der Waals surface area contributed by atoms with Crippen molar-refractivity contribution in [1.29, 1.82) is 0 Å². The predicted octanol–water partition coefficient (Wildman–Crippen LogP) is 4.04. The highest BCUT2D eigenvalue weighted by Crippen LogP contribution is 2.27. The van der Waals surface area contributed by atoms with Crippen LogP contribution in [0.25, 0.3) is 0 Å². The van der Waals surface area contributed by atoms with Gasteiger partial charge in [-0.2, -0.15) is 0 Å². The molecule has 0 aliphatic carbocycles. The molecule has 1 N–H and O–H groups in total. The van der Waals surface area contributed by atoms with Gasteiger partial charge in [-0.15, -0.1) is 24.0 Å². The van der Waals surface area contributed by atoms with E-state index in [9.17, 15) is 4.79 Å². The number of guanidine groups is 1. The molecule has 4 rings (SSSR count). The van der Waals surface area contributed by atoms with Gasteiger partial charge in [-0.1, -0.05) is 48.5 Å². The number of nitrogens with zero attached hydrogens (tertiary/aromatic N) is 3. The van der Waals surface area contributed by atoms with E-state index in [0.717, 1.165) is 36.6 Å². The Morgan fingerprint density at radius 2 is 1.73 bits per heavy atom. The largest absolute Gasteiger partial charge is 0.356 e. The number of hydrogen-bond acceptors (Lipinski definition) is 2. The van der Waals surface area contributed by atoms with Crippen molar-refractivity contribution in [2.75, 3.05) is 18.0 Å². The minimum Gasteiger partial charge on any atom is -0.356 e. The van der Waals surface area contributed by atoms with E-state index in [1.807, 2.05) is 12.3 Å². The summed E-state index contributed by atoms with van der Waals surface area (Å²) in [6, 6.07) is 22.1. The Morgan fingerprint density at radius 3 is 2.50 bits per heavy atom. The second kappa shape index (κ2) is 10.4. The average Bonchev–Trinajstić information content (AvgIpc) is 3.18. The number of pyridine rings is 1. The molecule has 5 nitrogen and oxygen atoms in total. The van der Waals surface area contributed by atoms with Crippen molar-refractivity contribution in [1.82, 2.24) is 9.88 Å². The molecule has 30 heavy (non-hydrogen) atoms. The zero-order chi connectivity index (χ0) is 20.1. The van der Waals surface area contributed by atoms with Gasteiger partial charge < -0.3 is 14.8 Å². The molecule has 3 aromatic rings. The quantitative estimate of drug-likeness (QED) is 0.318. The first-order valence-electron chi connectivity index (χ1n) is 10.1. The molecule has 0 unspecified atom stereocenters. The molecule has 1 aromatic heterocycles. The van der Waals surface area contributed by atoms with E-state index in [2.05, 4.69) is 65.7 Å². The summed E-state index contributed by atoms with van der Waals surface area (Å²) < 4.78 is 1.71. The average molecular weight is 514 g/mol. The lowest BCUT2D eigenvalue weighted by Gasteiger charge is -2.22. The molecule has 6 heteroatoms. The highest BCUT2D eigenvalue weighted by molar-refractivity contribution is 14.0. The van der Waals surface area contributed by atoms with Gasteiger partial charge in [0.15, 0.2) is 5.96 Å². The molecule has 0 saturated carbocycles. The summed E-state index contributed by atoms with van der Waals surface area (Å²) in [6.07, 6.45) is 2.87. The lowest BCUT2D eigenvalue weighted by molar-refractivity contribution is 0.759.